The van der Waals surface area contributed by atoms with Gasteiger partial charge >= 0.3 is 0 Å². The normalized spacial score (nSPS) is 10.3. The molecule has 82 valence electrons. The van der Waals surface area contributed by atoms with E-state index in [0.29, 0.717) is 11.8 Å². The van der Waals surface area contributed by atoms with Crippen LogP contribution >= 0.6 is 0 Å². The number of anilines is 1. The Morgan fingerprint density at radius 1 is 1.44 bits per heavy atom. The van der Waals surface area contributed by atoms with E-state index in [2.05, 4.69) is 4.98 Å². The SMILES string of the molecule is Nc1c(C=O)ncn1Cc1ccccc1F. The molecule has 0 fully saturated rings. The second-order valence-electron chi connectivity index (χ2n) is 3.35. The van der Waals surface area contributed by atoms with Gasteiger partial charge in [0.15, 0.2) is 6.29 Å². The summed E-state index contributed by atoms with van der Waals surface area (Å²) in [4.78, 5) is 14.3. The quantitative estimate of drug-likeness (QED) is 0.795. The molecule has 2 aromatic rings. The standard InChI is InChI=1S/C11H10FN3O/c12-9-4-2-1-3-8(9)5-15-7-14-10(6-16)11(15)13/h1-4,6-7H,5,13H2. The van der Waals surface area contributed by atoms with Crippen LogP contribution in [0.15, 0.2) is 30.6 Å². The number of hydrogen-bond donors (Lipinski definition) is 1. The molecule has 5 heteroatoms. The molecule has 16 heavy (non-hydrogen) atoms. The van der Waals surface area contributed by atoms with Gasteiger partial charge in [0.25, 0.3) is 0 Å². The predicted octanol–water partition coefficient (Wildman–Crippen LogP) is 1.47. The van der Waals surface area contributed by atoms with Gasteiger partial charge in [0.05, 0.1) is 12.9 Å². The summed E-state index contributed by atoms with van der Waals surface area (Å²) in [6, 6.07) is 6.40. The number of aldehydes is 1. The maximum atomic E-state index is 13.4. The Balaban J connectivity index is 2.31. The van der Waals surface area contributed by atoms with Crippen molar-refractivity contribution in [2.45, 2.75) is 6.54 Å². The second-order valence-corrected chi connectivity index (χ2v) is 3.35. The van der Waals surface area contributed by atoms with Crippen molar-refractivity contribution in [2.75, 3.05) is 5.73 Å². The number of nitrogens with zero attached hydrogens (tertiary/aromatic N) is 2. The van der Waals surface area contributed by atoms with E-state index in [1.807, 2.05) is 0 Å². The molecule has 1 aromatic carbocycles. The fourth-order valence-electron chi connectivity index (χ4n) is 1.43. The van der Waals surface area contributed by atoms with Crippen molar-refractivity contribution in [2.24, 2.45) is 0 Å². The number of nitrogen functional groups attached to an aromatic ring is 1. The number of rotatable bonds is 3. The monoisotopic (exact) mass is 219 g/mol. The first-order valence-electron chi connectivity index (χ1n) is 4.71. The third-order valence-electron chi connectivity index (χ3n) is 2.32. The van der Waals surface area contributed by atoms with Crippen LogP contribution in [0.25, 0.3) is 0 Å². The molecular formula is C11H10FN3O. The van der Waals surface area contributed by atoms with Gasteiger partial charge in [0.1, 0.15) is 17.3 Å². The summed E-state index contributed by atoms with van der Waals surface area (Å²) in [6.45, 7) is 0.263. The summed E-state index contributed by atoms with van der Waals surface area (Å²) in [7, 11) is 0. The van der Waals surface area contributed by atoms with Crippen molar-refractivity contribution >= 4 is 12.1 Å². The van der Waals surface area contributed by atoms with Crippen molar-refractivity contribution in [3.8, 4) is 0 Å². The second kappa shape index (κ2) is 4.14. The first-order chi connectivity index (χ1) is 7.72. The molecule has 0 saturated heterocycles. The highest BCUT2D eigenvalue weighted by Gasteiger charge is 2.08. The number of nitrogens with two attached hydrogens (primary N) is 1. The molecule has 2 rings (SSSR count). The van der Waals surface area contributed by atoms with Crippen LogP contribution in [-0.4, -0.2) is 15.8 Å². The van der Waals surface area contributed by atoms with Gasteiger partial charge in [-0.3, -0.25) is 4.79 Å². The Labute approximate surface area is 91.5 Å². The Morgan fingerprint density at radius 2 is 2.19 bits per heavy atom. The molecule has 0 unspecified atom stereocenters. The van der Waals surface area contributed by atoms with Crippen LogP contribution < -0.4 is 5.73 Å². The van der Waals surface area contributed by atoms with Crippen LogP contribution in [0.3, 0.4) is 0 Å². The van der Waals surface area contributed by atoms with E-state index in [9.17, 15) is 9.18 Å². The van der Waals surface area contributed by atoms with Gasteiger partial charge in [0.2, 0.25) is 0 Å². The zero-order valence-corrected chi connectivity index (χ0v) is 8.43. The lowest BCUT2D eigenvalue weighted by molar-refractivity contribution is 0.112. The fraction of sp³-hybridized carbons (Fsp3) is 0.0909. The van der Waals surface area contributed by atoms with E-state index >= 15 is 0 Å². The topological polar surface area (TPSA) is 60.9 Å². The van der Waals surface area contributed by atoms with Crippen molar-refractivity contribution in [3.05, 3.63) is 47.7 Å². The largest absolute Gasteiger partial charge is 0.383 e. The molecule has 0 atom stereocenters. The molecule has 0 spiro atoms. The molecule has 2 N–H and O–H groups in total. The molecule has 4 nitrogen and oxygen atoms in total. The molecule has 0 bridgehead atoms. The molecule has 1 heterocycles. The van der Waals surface area contributed by atoms with Crippen molar-refractivity contribution in [3.63, 3.8) is 0 Å². The van der Waals surface area contributed by atoms with E-state index < -0.39 is 0 Å². The highest BCUT2D eigenvalue weighted by Crippen LogP contribution is 2.13. The molecule has 0 amide bonds. The number of imidazole rings is 1. The third-order valence-corrected chi connectivity index (χ3v) is 2.32. The highest BCUT2D eigenvalue weighted by atomic mass is 19.1. The molecule has 0 aliphatic heterocycles. The van der Waals surface area contributed by atoms with Gasteiger partial charge in [-0.05, 0) is 6.07 Å². The zero-order valence-electron chi connectivity index (χ0n) is 8.43. The van der Waals surface area contributed by atoms with Gasteiger partial charge in [-0.25, -0.2) is 9.37 Å². The lowest BCUT2D eigenvalue weighted by Gasteiger charge is -2.05. The number of carbonyl (C=O) groups excluding carboxylic acids is 1. The van der Waals surface area contributed by atoms with E-state index in [1.54, 1.807) is 18.2 Å². The third kappa shape index (κ3) is 1.79. The smallest absolute Gasteiger partial charge is 0.172 e. The van der Waals surface area contributed by atoms with Gasteiger partial charge < -0.3 is 10.3 Å². The van der Waals surface area contributed by atoms with Crippen LogP contribution in [0.4, 0.5) is 10.2 Å². The molecule has 1 aromatic heterocycles. The maximum Gasteiger partial charge on any atom is 0.172 e. The molecule has 0 saturated carbocycles. The fourth-order valence-corrected chi connectivity index (χ4v) is 1.43. The minimum Gasteiger partial charge on any atom is -0.383 e. The van der Waals surface area contributed by atoms with Gasteiger partial charge in [-0.2, -0.15) is 0 Å². The van der Waals surface area contributed by atoms with E-state index in [1.165, 1.54) is 17.0 Å². The van der Waals surface area contributed by atoms with Crippen molar-refractivity contribution in [1.29, 1.82) is 0 Å². The molecule has 0 aliphatic rings. The van der Waals surface area contributed by atoms with E-state index in [-0.39, 0.29) is 23.9 Å². The van der Waals surface area contributed by atoms with Crippen LogP contribution in [0.5, 0.6) is 0 Å². The summed E-state index contributed by atoms with van der Waals surface area (Å²) in [5.41, 5.74) is 6.34. The van der Waals surface area contributed by atoms with E-state index in [4.69, 9.17) is 5.73 Å². The Morgan fingerprint density at radius 3 is 2.81 bits per heavy atom. The molecule has 0 aliphatic carbocycles. The zero-order chi connectivity index (χ0) is 11.5. The van der Waals surface area contributed by atoms with E-state index in [0.717, 1.165) is 0 Å². The van der Waals surface area contributed by atoms with Crippen LogP contribution in [0.2, 0.25) is 0 Å². The van der Waals surface area contributed by atoms with Crippen LogP contribution in [0, 0.1) is 5.82 Å². The Bertz CT molecular complexity index is 522. The summed E-state index contributed by atoms with van der Waals surface area (Å²) in [6.07, 6.45) is 2.00. The van der Waals surface area contributed by atoms with Gasteiger partial charge in [0, 0.05) is 5.56 Å². The van der Waals surface area contributed by atoms with Crippen LogP contribution in [0.1, 0.15) is 16.1 Å². The Hall–Kier alpha value is -2.17. The van der Waals surface area contributed by atoms with Gasteiger partial charge in [-0.1, -0.05) is 18.2 Å². The summed E-state index contributed by atoms with van der Waals surface area (Å²) >= 11 is 0. The predicted molar refractivity (Wildman–Crippen MR) is 57.5 cm³/mol. The summed E-state index contributed by atoms with van der Waals surface area (Å²) < 4.78 is 14.9. The average Bonchev–Trinajstić information content (AvgIpc) is 2.63. The number of aromatic nitrogens is 2. The molecule has 0 radical (unpaired) electrons. The average molecular weight is 219 g/mol. The number of carbonyl (C=O) groups is 1. The first-order valence-corrected chi connectivity index (χ1v) is 4.71. The first kappa shape index (κ1) is 10.4. The number of benzene rings is 1. The van der Waals surface area contributed by atoms with Crippen molar-refractivity contribution < 1.29 is 9.18 Å². The van der Waals surface area contributed by atoms with Crippen molar-refractivity contribution in [1.82, 2.24) is 9.55 Å². The highest BCUT2D eigenvalue weighted by molar-refractivity contribution is 5.78. The minimum absolute atomic E-state index is 0.177. The Kier molecular flexibility index (Phi) is 2.68. The number of halogens is 1. The lowest BCUT2D eigenvalue weighted by atomic mass is 10.2. The molecular weight excluding hydrogens is 209 g/mol. The van der Waals surface area contributed by atoms with Crippen LogP contribution in [-0.2, 0) is 6.54 Å². The van der Waals surface area contributed by atoms with Gasteiger partial charge in [-0.15, -0.1) is 0 Å². The summed E-state index contributed by atoms with van der Waals surface area (Å²) in [5, 5.41) is 0. The lowest BCUT2D eigenvalue weighted by Crippen LogP contribution is -2.05. The minimum atomic E-state index is -0.303. The maximum absolute atomic E-state index is 13.4. The summed E-state index contributed by atoms with van der Waals surface area (Å²) in [5.74, 6) is -0.0542. The number of hydrogen-bond acceptors (Lipinski definition) is 3.